The van der Waals surface area contributed by atoms with Crippen molar-refractivity contribution in [3.8, 4) is 5.69 Å². The predicted molar refractivity (Wildman–Crippen MR) is 134 cm³/mol. The molecule has 0 aliphatic rings. The van der Waals surface area contributed by atoms with Crippen molar-refractivity contribution in [3.05, 3.63) is 106 Å². The number of hydrogen-bond acceptors (Lipinski definition) is 4. The van der Waals surface area contributed by atoms with Gasteiger partial charge in [0.05, 0.1) is 16.9 Å². The van der Waals surface area contributed by atoms with Crippen LogP contribution in [-0.2, 0) is 6.42 Å². The Bertz CT molecular complexity index is 1580. The summed E-state index contributed by atoms with van der Waals surface area (Å²) in [5, 5.41) is 8.81. The van der Waals surface area contributed by atoms with Crippen LogP contribution in [0.25, 0.3) is 22.0 Å². The minimum absolute atomic E-state index is 0.104. The fraction of sp³-hybridized carbons (Fsp3) is 0.148. The average molecular weight is 452 g/mol. The lowest BCUT2D eigenvalue weighted by atomic mass is 10.0. The van der Waals surface area contributed by atoms with Gasteiger partial charge in [0, 0.05) is 17.6 Å². The number of hydrogen-bond donors (Lipinski definition) is 2. The predicted octanol–water partition coefficient (Wildman–Crippen LogP) is 4.27. The van der Waals surface area contributed by atoms with Crippen LogP contribution in [0.4, 0.5) is 5.82 Å². The smallest absolute Gasteiger partial charge is 0.263 e. The molecule has 0 saturated carbocycles. The van der Waals surface area contributed by atoms with Crippen LogP contribution in [0.3, 0.4) is 0 Å². The van der Waals surface area contributed by atoms with E-state index in [1.54, 1.807) is 21.3 Å². The van der Waals surface area contributed by atoms with Crippen LogP contribution in [0.5, 0.6) is 0 Å². The number of carbonyl (C=O) groups is 1. The van der Waals surface area contributed by atoms with Crippen molar-refractivity contribution < 1.29 is 4.79 Å². The van der Waals surface area contributed by atoms with Crippen LogP contribution in [-0.4, -0.2) is 20.1 Å². The maximum absolute atomic E-state index is 13.8. The summed E-state index contributed by atoms with van der Waals surface area (Å²) in [5.74, 6) is -0.192. The minimum Gasteiger partial charge on any atom is -0.382 e. The summed E-state index contributed by atoms with van der Waals surface area (Å²) in [4.78, 5) is 27.1. The second kappa shape index (κ2) is 8.51. The fourth-order valence-electron chi connectivity index (χ4n) is 4.50. The van der Waals surface area contributed by atoms with Gasteiger partial charge in [-0.05, 0) is 54.6 Å². The van der Waals surface area contributed by atoms with Gasteiger partial charge in [0.2, 0.25) is 0 Å². The molecule has 0 bridgehead atoms. The normalized spacial score (nSPS) is 12.2. The van der Waals surface area contributed by atoms with Crippen molar-refractivity contribution in [2.75, 3.05) is 5.73 Å². The number of rotatable bonds is 5. The third-order valence-corrected chi connectivity index (χ3v) is 6.14. The molecule has 7 heteroatoms. The molecule has 1 amide bonds. The number of aryl methyl sites for hydroxylation is 1. The lowest BCUT2D eigenvalue weighted by Gasteiger charge is -2.21. The highest BCUT2D eigenvalue weighted by molar-refractivity contribution is 6.05. The highest BCUT2D eigenvalue weighted by Gasteiger charge is 2.23. The van der Waals surface area contributed by atoms with E-state index in [4.69, 9.17) is 5.73 Å². The number of nitrogens with zero attached hydrogens (tertiary/aromatic N) is 3. The molecule has 2 aromatic carbocycles. The molecule has 7 nitrogen and oxygen atoms in total. The van der Waals surface area contributed by atoms with Gasteiger partial charge in [-0.15, -0.1) is 5.10 Å². The topological polar surface area (TPSA) is 94.4 Å². The zero-order valence-corrected chi connectivity index (χ0v) is 19.0. The lowest BCUT2D eigenvalue weighted by Crippen LogP contribution is -2.32. The Morgan fingerprint density at radius 2 is 1.82 bits per heavy atom. The van der Waals surface area contributed by atoms with E-state index in [9.17, 15) is 9.59 Å². The molecule has 5 aromatic rings. The van der Waals surface area contributed by atoms with Gasteiger partial charge in [0.1, 0.15) is 5.56 Å². The Balaban J connectivity index is 1.64. The molecule has 0 unspecified atom stereocenters. The third kappa shape index (κ3) is 3.51. The van der Waals surface area contributed by atoms with Gasteiger partial charge in [-0.25, -0.2) is 4.52 Å². The van der Waals surface area contributed by atoms with Crippen LogP contribution < -0.4 is 16.6 Å². The highest BCUT2D eigenvalue weighted by Crippen LogP contribution is 2.25. The summed E-state index contributed by atoms with van der Waals surface area (Å²) in [6, 6.07) is 22.3. The molecule has 170 valence electrons. The minimum atomic E-state index is -0.479. The van der Waals surface area contributed by atoms with Crippen molar-refractivity contribution in [1.82, 2.24) is 19.5 Å². The van der Waals surface area contributed by atoms with Crippen LogP contribution in [0, 0.1) is 0 Å². The molecule has 34 heavy (non-hydrogen) atoms. The van der Waals surface area contributed by atoms with E-state index in [-0.39, 0.29) is 17.3 Å². The van der Waals surface area contributed by atoms with E-state index in [2.05, 4.69) is 10.4 Å². The van der Waals surface area contributed by atoms with Crippen molar-refractivity contribution in [3.63, 3.8) is 0 Å². The summed E-state index contributed by atoms with van der Waals surface area (Å²) < 4.78 is 3.27. The molecule has 5 rings (SSSR count). The fourth-order valence-corrected chi connectivity index (χ4v) is 4.50. The zero-order valence-electron chi connectivity index (χ0n) is 19.0. The first-order chi connectivity index (χ1) is 16.5. The largest absolute Gasteiger partial charge is 0.382 e. The first kappa shape index (κ1) is 21.5. The summed E-state index contributed by atoms with van der Waals surface area (Å²) in [5.41, 5.74) is 9.32. The van der Waals surface area contributed by atoms with Crippen molar-refractivity contribution >= 4 is 28.0 Å². The van der Waals surface area contributed by atoms with Gasteiger partial charge in [-0.3, -0.25) is 14.2 Å². The van der Waals surface area contributed by atoms with Crippen LogP contribution in [0.2, 0.25) is 0 Å². The second-order valence-electron chi connectivity index (χ2n) is 8.27. The van der Waals surface area contributed by atoms with E-state index < -0.39 is 6.04 Å². The molecule has 1 atom stereocenters. The van der Waals surface area contributed by atoms with Crippen LogP contribution in [0.1, 0.15) is 41.5 Å². The van der Waals surface area contributed by atoms with Gasteiger partial charge < -0.3 is 11.1 Å². The number of nitrogen functional groups attached to an aromatic ring is 1. The molecular formula is C27H25N5O2. The van der Waals surface area contributed by atoms with E-state index in [0.717, 1.165) is 23.1 Å². The molecule has 0 aliphatic heterocycles. The van der Waals surface area contributed by atoms with E-state index in [1.165, 1.54) is 0 Å². The summed E-state index contributed by atoms with van der Waals surface area (Å²) in [6.07, 6.45) is 2.49. The van der Waals surface area contributed by atoms with E-state index in [1.807, 2.05) is 80.6 Å². The number of aromatic nitrogens is 3. The highest BCUT2D eigenvalue weighted by atomic mass is 16.2. The number of nitrogens with two attached hydrogens (primary N) is 1. The molecule has 0 saturated heterocycles. The number of fused-ring (bicyclic) bond motifs is 2. The van der Waals surface area contributed by atoms with Gasteiger partial charge in [-0.1, -0.05) is 49.4 Å². The van der Waals surface area contributed by atoms with E-state index >= 15 is 0 Å². The monoisotopic (exact) mass is 451 g/mol. The number of pyridine rings is 2. The first-order valence-corrected chi connectivity index (χ1v) is 11.3. The van der Waals surface area contributed by atoms with Crippen molar-refractivity contribution in [2.24, 2.45) is 0 Å². The molecule has 3 aromatic heterocycles. The Kier molecular flexibility index (Phi) is 5.37. The molecule has 0 spiro atoms. The first-order valence-electron chi connectivity index (χ1n) is 11.3. The van der Waals surface area contributed by atoms with Crippen LogP contribution >= 0.6 is 0 Å². The molecule has 3 N–H and O–H groups in total. The SMILES string of the molecule is CCc1cccc2cc([C@H](C)NC(=O)c3c(N)nn4ccccc34)n(-c3ccccc3)c(=O)c12. The Hall–Kier alpha value is -4.39. The zero-order chi connectivity index (χ0) is 23.8. The van der Waals surface area contributed by atoms with Gasteiger partial charge in [-0.2, -0.15) is 0 Å². The number of para-hydroxylation sites is 1. The van der Waals surface area contributed by atoms with Gasteiger partial charge >= 0.3 is 0 Å². The number of nitrogens with one attached hydrogen (secondary N) is 1. The molecule has 0 radical (unpaired) electrons. The lowest BCUT2D eigenvalue weighted by molar-refractivity contribution is 0.0941. The molecule has 3 heterocycles. The van der Waals surface area contributed by atoms with Crippen LogP contribution in [0.15, 0.2) is 83.8 Å². The molecule has 0 fully saturated rings. The molecular weight excluding hydrogens is 426 g/mol. The summed E-state index contributed by atoms with van der Waals surface area (Å²) >= 11 is 0. The standard InChI is InChI=1S/C27H25N5O2/c1-3-18-10-9-11-19-16-22(32(27(34)23(18)19)20-12-5-4-6-13-20)17(2)29-26(33)24-21-14-7-8-15-31(21)30-25(24)28/h4-17H,3H2,1-2H3,(H2,28,30)(H,29,33)/t17-/m0/s1. The Labute approximate surface area is 196 Å². The number of amides is 1. The maximum atomic E-state index is 13.8. The average Bonchev–Trinajstić information content (AvgIpc) is 3.19. The number of anilines is 1. The van der Waals surface area contributed by atoms with Crippen molar-refractivity contribution in [1.29, 1.82) is 0 Å². The second-order valence-corrected chi connectivity index (χ2v) is 8.27. The Morgan fingerprint density at radius 3 is 2.59 bits per heavy atom. The summed E-state index contributed by atoms with van der Waals surface area (Å²) in [7, 11) is 0. The maximum Gasteiger partial charge on any atom is 0.263 e. The number of benzene rings is 2. The molecule has 0 aliphatic carbocycles. The summed E-state index contributed by atoms with van der Waals surface area (Å²) in [6.45, 7) is 3.90. The van der Waals surface area contributed by atoms with Gasteiger partial charge in [0.25, 0.3) is 11.5 Å². The van der Waals surface area contributed by atoms with E-state index in [0.29, 0.717) is 22.2 Å². The Morgan fingerprint density at radius 1 is 1.06 bits per heavy atom. The third-order valence-electron chi connectivity index (χ3n) is 6.14. The number of carbonyl (C=O) groups excluding carboxylic acids is 1. The van der Waals surface area contributed by atoms with Crippen molar-refractivity contribution in [2.45, 2.75) is 26.3 Å². The quantitative estimate of drug-likeness (QED) is 0.417. The van der Waals surface area contributed by atoms with Gasteiger partial charge in [0.15, 0.2) is 5.82 Å².